The first-order chi connectivity index (χ1) is 10.9. The first-order valence-electron chi connectivity index (χ1n) is 6.56. The van der Waals surface area contributed by atoms with Crippen molar-refractivity contribution < 1.29 is 18.7 Å². The normalized spacial score (nSPS) is 10.3. The summed E-state index contributed by atoms with van der Waals surface area (Å²) in [5.74, 6) is -2.29. The molecule has 4 nitrogen and oxygen atoms in total. The summed E-state index contributed by atoms with van der Waals surface area (Å²) in [5.41, 5.74) is 0.724. The minimum atomic E-state index is -0.931. The number of hydrogen-bond acceptors (Lipinski definition) is 3. The predicted octanol–water partition coefficient (Wildman–Crippen LogP) is 4.24. The maximum absolute atomic E-state index is 13.4. The van der Waals surface area contributed by atoms with Crippen molar-refractivity contribution in [2.75, 3.05) is 11.9 Å². The average molecular weight is 356 g/mol. The summed E-state index contributed by atoms with van der Waals surface area (Å²) in [5, 5.41) is 3.02. The molecule has 0 radical (unpaired) electrons. The fourth-order valence-electron chi connectivity index (χ4n) is 1.78. The number of carbonyl (C=O) groups excluding carboxylic acids is 2. The second kappa shape index (κ2) is 7.44. The molecule has 0 aliphatic carbocycles. The molecule has 2 rings (SSSR count). The van der Waals surface area contributed by atoms with Crippen LogP contribution in [0.1, 0.15) is 15.9 Å². The maximum Gasteiger partial charge on any atom is 0.341 e. The molecule has 0 heterocycles. The number of anilines is 1. The van der Waals surface area contributed by atoms with Crippen LogP contribution in [0.4, 0.5) is 10.1 Å². The molecular formula is C16H12Cl2FNO3. The van der Waals surface area contributed by atoms with E-state index in [0.29, 0.717) is 5.02 Å². The third-order valence-electron chi connectivity index (χ3n) is 2.98. The lowest BCUT2D eigenvalue weighted by Gasteiger charge is -2.11. The van der Waals surface area contributed by atoms with Crippen LogP contribution in [0.25, 0.3) is 0 Å². The topological polar surface area (TPSA) is 55.4 Å². The second-order valence-corrected chi connectivity index (χ2v) is 5.44. The molecule has 0 aliphatic rings. The van der Waals surface area contributed by atoms with Crippen LogP contribution in [0, 0.1) is 12.7 Å². The zero-order chi connectivity index (χ0) is 17.0. The van der Waals surface area contributed by atoms with Crippen molar-refractivity contribution in [3.8, 4) is 0 Å². The Bertz CT molecular complexity index is 765. The van der Waals surface area contributed by atoms with Gasteiger partial charge in [-0.3, -0.25) is 4.79 Å². The van der Waals surface area contributed by atoms with Gasteiger partial charge in [-0.05, 0) is 30.7 Å². The molecule has 0 aliphatic heterocycles. The summed E-state index contributed by atoms with van der Waals surface area (Å²) in [4.78, 5) is 23.6. The van der Waals surface area contributed by atoms with Crippen molar-refractivity contribution in [3.63, 3.8) is 0 Å². The van der Waals surface area contributed by atoms with Gasteiger partial charge in [0.05, 0.1) is 21.3 Å². The fraction of sp³-hybridized carbons (Fsp3) is 0.125. The SMILES string of the molecule is Cc1ccc(Cl)c(NC(=O)COC(=O)c2ccccc2F)c1Cl. The van der Waals surface area contributed by atoms with E-state index in [0.717, 1.165) is 11.6 Å². The highest BCUT2D eigenvalue weighted by molar-refractivity contribution is 6.40. The van der Waals surface area contributed by atoms with E-state index in [1.165, 1.54) is 18.2 Å². The van der Waals surface area contributed by atoms with Crippen molar-refractivity contribution >= 4 is 40.8 Å². The number of rotatable bonds is 4. The minimum Gasteiger partial charge on any atom is -0.452 e. The molecule has 0 atom stereocenters. The molecule has 120 valence electrons. The van der Waals surface area contributed by atoms with Crippen LogP contribution in [-0.2, 0) is 9.53 Å². The molecule has 0 saturated heterocycles. The third-order valence-corrected chi connectivity index (χ3v) is 3.78. The summed E-state index contributed by atoms with van der Waals surface area (Å²) in [6, 6.07) is 8.63. The first-order valence-corrected chi connectivity index (χ1v) is 7.32. The summed E-state index contributed by atoms with van der Waals surface area (Å²) in [6.45, 7) is 1.17. The molecule has 0 bridgehead atoms. The van der Waals surface area contributed by atoms with Gasteiger partial charge in [-0.2, -0.15) is 0 Å². The van der Waals surface area contributed by atoms with Crippen LogP contribution >= 0.6 is 23.2 Å². The van der Waals surface area contributed by atoms with Gasteiger partial charge >= 0.3 is 5.97 Å². The number of carbonyl (C=O) groups is 2. The smallest absolute Gasteiger partial charge is 0.341 e. The number of amides is 1. The van der Waals surface area contributed by atoms with E-state index in [9.17, 15) is 14.0 Å². The molecule has 0 fully saturated rings. The van der Waals surface area contributed by atoms with Gasteiger partial charge in [0.1, 0.15) is 5.82 Å². The number of benzene rings is 2. The lowest BCUT2D eigenvalue weighted by Crippen LogP contribution is -2.21. The number of halogens is 3. The molecule has 0 unspecified atom stereocenters. The van der Waals surface area contributed by atoms with Crippen LogP contribution in [0.2, 0.25) is 10.0 Å². The van der Waals surface area contributed by atoms with Crippen LogP contribution < -0.4 is 5.32 Å². The quantitative estimate of drug-likeness (QED) is 0.834. The van der Waals surface area contributed by atoms with Crippen LogP contribution in [-0.4, -0.2) is 18.5 Å². The largest absolute Gasteiger partial charge is 0.452 e. The Morgan fingerprint density at radius 3 is 2.57 bits per heavy atom. The number of nitrogens with one attached hydrogen (secondary N) is 1. The van der Waals surface area contributed by atoms with E-state index in [1.807, 2.05) is 0 Å². The molecule has 2 aromatic carbocycles. The van der Waals surface area contributed by atoms with Gasteiger partial charge in [-0.1, -0.05) is 41.4 Å². The number of ether oxygens (including phenoxy) is 1. The Morgan fingerprint density at radius 2 is 1.87 bits per heavy atom. The first kappa shape index (κ1) is 17.2. The summed E-state index contributed by atoms with van der Waals surface area (Å²) in [6.07, 6.45) is 0. The lowest BCUT2D eigenvalue weighted by molar-refractivity contribution is -0.119. The Balaban J connectivity index is 2.00. The Labute approximate surface area is 142 Å². The number of hydrogen-bond donors (Lipinski definition) is 1. The Hall–Kier alpha value is -2.11. The molecule has 0 spiro atoms. The van der Waals surface area contributed by atoms with Gasteiger partial charge in [-0.25, -0.2) is 9.18 Å². The van der Waals surface area contributed by atoms with Crippen molar-refractivity contribution in [1.29, 1.82) is 0 Å². The zero-order valence-electron chi connectivity index (χ0n) is 12.0. The molecule has 1 N–H and O–H groups in total. The summed E-state index contributed by atoms with van der Waals surface area (Å²) in [7, 11) is 0. The summed E-state index contributed by atoms with van der Waals surface area (Å²) < 4.78 is 18.2. The molecular weight excluding hydrogens is 344 g/mol. The van der Waals surface area contributed by atoms with Gasteiger partial charge in [0.15, 0.2) is 6.61 Å². The van der Waals surface area contributed by atoms with Crippen molar-refractivity contribution in [1.82, 2.24) is 0 Å². The Morgan fingerprint density at radius 1 is 1.17 bits per heavy atom. The van der Waals surface area contributed by atoms with Crippen molar-refractivity contribution in [2.45, 2.75) is 6.92 Å². The van der Waals surface area contributed by atoms with Gasteiger partial charge in [0.25, 0.3) is 5.91 Å². The monoisotopic (exact) mass is 355 g/mol. The van der Waals surface area contributed by atoms with E-state index >= 15 is 0 Å². The van der Waals surface area contributed by atoms with E-state index < -0.39 is 24.3 Å². The van der Waals surface area contributed by atoms with Crippen molar-refractivity contribution in [3.05, 3.63) is 63.4 Å². The highest BCUT2D eigenvalue weighted by Gasteiger charge is 2.16. The second-order valence-electron chi connectivity index (χ2n) is 4.66. The number of esters is 1. The van der Waals surface area contributed by atoms with Gasteiger partial charge < -0.3 is 10.1 Å². The lowest BCUT2D eigenvalue weighted by atomic mass is 10.2. The van der Waals surface area contributed by atoms with Crippen LogP contribution in [0.3, 0.4) is 0 Å². The Kier molecular flexibility index (Phi) is 5.58. The standard InChI is InChI=1S/C16H12Cl2FNO3/c1-9-6-7-11(17)15(14(9)18)20-13(21)8-23-16(22)10-4-2-3-5-12(10)19/h2-7H,8H2,1H3,(H,20,21). The molecule has 0 aromatic heterocycles. The highest BCUT2D eigenvalue weighted by Crippen LogP contribution is 2.32. The summed E-state index contributed by atoms with van der Waals surface area (Å²) >= 11 is 12.0. The molecule has 7 heteroatoms. The third kappa shape index (κ3) is 4.21. The maximum atomic E-state index is 13.4. The zero-order valence-corrected chi connectivity index (χ0v) is 13.5. The van der Waals surface area contributed by atoms with Gasteiger partial charge in [0, 0.05) is 0 Å². The van der Waals surface area contributed by atoms with Gasteiger partial charge in [-0.15, -0.1) is 0 Å². The molecule has 2 aromatic rings. The fourth-order valence-corrected chi connectivity index (χ4v) is 2.25. The van der Waals surface area contributed by atoms with Gasteiger partial charge in [0.2, 0.25) is 0 Å². The van der Waals surface area contributed by atoms with E-state index in [2.05, 4.69) is 5.32 Å². The molecule has 23 heavy (non-hydrogen) atoms. The van der Waals surface area contributed by atoms with Crippen molar-refractivity contribution in [2.24, 2.45) is 0 Å². The van der Waals surface area contributed by atoms with E-state index in [-0.39, 0.29) is 16.3 Å². The highest BCUT2D eigenvalue weighted by atomic mass is 35.5. The minimum absolute atomic E-state index is 0.236. The predicted molar refractivity (Wildman–Crippen MR) is 86.5 cm³/mol. The molecule has 0 saturated carbocycles. The average Bonchev–Trinajstić information content (AvgIpc) is 2.53. The number of aryl methyl sites for hydroxylation is 1. The van der Waals surface area contributed by atoms with E-state index in [4.69, 9.17) is 27.9 Å². The van der Waals surface area contributed by atoms with E-state index in [1.54, 1.807) is 19.1 Å². The van der Waals surface area contributed by atoms with Crippen LogP contribution in [0.15, 0.2) is 36.4 Å². The van der Waals surface area contributed by atoms with Crippen LogP contribution in [0.5, 0.6) is 0 Å². The molecule has 1 amide bonds.